The Morgan fingerprint density at radius 3 is 1.64 bits per heavy atom. The van der Waals surface area contributed by atoms with Gasteiger partial charge in [-0.1, -0.05) is 184 Å². The van der Waals surface area contributed by atoms with Gasteiger partial charge in [-0.3, -0.25) is 0 Å². The van der Waals surface area contributed by atoms with Crippen molar-refractivity contribution in [2.75, 3.05) is 0 Å². The Kier molecular flexibility index (Phi) is 9.02. The van der Waals surface area contributed by atoms with Crippen molar-refractivity contribution < 1.29 is 4.74 Å². The Labute approximate surface area is 430 Å². The van der Waals surface area contributed by atoms with Crippen molar-refractivity contribution in [1.82, 2.24) is 14.5 Å². The maximum absolute atomic E-state index is 6.64. The van der Waals surface area contributed by atoms with Gasteiger partial charge >= 0.3 is 0 Å². The van der Waals surface area contributed by atoms with Gasteiger partial charge < -0.3 is 9.30 Å². The lowest BCUT2D eigenvalue weighted by Gasteiger charge is -2.39. The van der Waals surface area contributed by atoms with Crippen LogP contribution in [0.3, 0.4) is 0 Å². The maximum atomic E-state index is 6.64. The lowest BCUT2D eigenvalue weighted by atomic mass is 9.66. The Bertz CT molecular complexity index is 4260. The third-order valence-electron chi connectivity index (χ3n) is 16.4. The lowest BCUT2D eigenvalue weighted by molar-refractivity contribution is 0.436. The van der Waals surface area contributed by atoms with Gasteiger partial charge in [0.15, 0.2) is 5.82 Å². The molecule has 10 aromatic carbocycles. The summed E-state index contributed by atoms with van der Waals surface area (Å²) in [5.74, 6) is 2.44. The smallest absolute Gasteiger partial charge is 0.160 e. The van der Waals surface area contributed by atoms with E-state index in [9.17, 15) is 0 Å². The van der Waals surface area contributed by atoms with Crippen LogP contribution in [0.5, 0.6) is 11.5 Å². The highest BCUT2D eigenvalue weighted by Gasteiger charge is 2.51. The van der Waals surface area contributed by atoms with E-state index in [4.69, 9.17) is 14.7 Å². The molecule has 3 aliphatic rings. The van der Waals surface area contributed by atoms with Gasteiger partial charge in [-0.15, -0.1) is 0 Å². The fourth-order valence-corrected chi connectivity index (χ4v) is 13.2. The number of hydrogen-bond donors (Lipinski definition) is 0. The van der Waals surface area contributed by atoms with E-state index in [0.717, 1.165) is 61.8 Å². The van der Waals surface area contributed by atoms with E-state index in [1.54, 1.807) is 0 Å². The monoisotopic (exact) mass is 947 g/mol. The molecule has 0 N–H and O–H groups in total. The van der Waals surface area contributed by atoms with Gasteiger partial charge in [0.05, 0.1) is 27.8 Å². The van der Waals surface area contributed by atoms with Crippen molar-refractivity contribution in [2.24, 2.45) is 0 Å². The second-order valence-corrected chi connectivity index (χ2v) is 21.0. The zero-order valence-corrected chi connectivity index (χ0v) is 41.6. The van der Waals surface area contributed by atoms with E-state index in [0.29, 0.717) is 5.82 Å². The first-order chi connectivity index (χ1) is 36.2. The van der Waals surface area contributed by atoms with Crippen molar-refractivity contribution >= 4 is 21.8 Å². The summed E-state index contributed by atoms with van der Waals surface area (Å²) in [6.45, 7) is 9.12. The number of nitrogens with zero attached hydrogens (tertiary/aromatic N) is 3. The van der Waals surface area contributed by atoms with Crippen LogP contribution in [0, 0.1) is 13.8 Å². The van der Waals surface area contributed by atoms with Gasteiger partial charge in [0.2, 0.25) is 0 Å². The van der Waals surface area contributed by atoms with E-state index >= 15 is 0 Å². The highest BCUT2D eigenvalue weighted by molar-refractivity contribution is 6.18. The Balaban J connectivity index is 0.965. The minimum absolute atomic E-state index is 0.147. The van der Waals surface area contributed by atoms with E-state index in [1.165, 1.54) is 83.2 Å². The van der Waals surface area contributed by atoms with Gasteiger partial charge in [0.25, 0.3) is 0 Å². The van der Waals surface area contributed by atoms with Gasteiger partial charge in [-0.25, -0.2) is 9.97 Å². The zero-order chi connectivity index (χ0) is 49.5. The highest BCUT2D eigenvalue weighted by Crippen LogP contribution is 2.62. The van der Waals surface area contributed by atoms with Crippen molar-refractivity contribution in [3.63, 3.8) is 0 Å². The maximum Gasteiger partial charge on any atom is 0.160 e. The summed E-state index contributed by atoms with van der Waals surface area (Å²) in [7, 11) is 0. The SMILES string of the molecule is Cc1cc(C)cc(-n2c3ccc(-c4cc(-c5ccc6c(c5)-c5ccccc5C65c6ccccc6Oc6ccccc65)nc(-c5ccc(-c6ccccc6)cc5)n4)cc3c3c4c(ccc32)C(C)(C)c2ccccc2-4)c1. The van der Waals surface area contributed by atoms with Gasteiger partial charge in [0.1, 0.15) is 11.5 Å². The van der Waals surface area contributed by atoms with Gasteiger partial charge in [0, 0.05) is 49.7 Å². The van der Waals surface area contributed by atoms with Gasteiger partial charge in [-0.2, -0.15) is 0 Å². The second kappa shape index (κ2) is 15.7. The number of ether oxygens (including phenoxy) is 1. The molecule has 0 bridgehead atoms. The van der Waals surface area contributed by atoms with Gasteiger partial charge in [-0.05, 0) is 135 Å². The number of hydrogen-bond acceptors (Lipinski definition) is 3. The normalized spacial score (nSPS) is 14.0. The summed E-state index contributed by atoms with van der Waals surface area (Å²) in [4.78, 5) is 11.0. The number of aryl methyl sites for hydroxylation is 2. The zero-order valence-electron chi connectivity index (χ0n) is 41.6. The van der Waals surface area contributed by atoms with Crippen LogP contribution in [0.25, 0.3) is 94.8 Å². The van der Waals surface area contributed by atoms with Crippen molar-refractivity contribution in [1.29, 1.82) is 0 Å². The van der Waals surface area contributed by atoms with Crippen LogP contribution in [-0.4, -0.2) is 14.5 Å². The summed E-state index contributed by atoms with van der Waals surface area (Å²) in [5.41, 5.74) is 24.9. The molecule has 1 aliphatic heterocycles. The fraction of sp³-hybridized carbons (Fsp3) is 0.0857. The molecule has 4 heteroatoms. The van der Waals surface area contributed by atoms with Crippen LogP contribution in [0.1, 0.15) is 58.4 Å². The molecule has 350 valence electrons. The molecule has 3 heterocycles. The minimum atomic E-state index is -0.556. The van der Waals surface area contributed by atoms with E-state index in [-0.39, 0.29) is 5.41 Å². The standard InChI is InChI=1S/C70H49N3O/c1-42-36-43(2)38-49(37-42)73-62-34-31-48(40-53(62)67-63(73)35-33-59-66(67)51-19-9-10-20-54(51)69(59,3)4)61-41-60(71-68(72-61)46-28-26-45(27-29-46)44-16-6-5-7-17-44)47-30-32-56-52(39-47)50-18-8-11-21-55(50)70(56)57-22-12-14-24-64(57)74-65-25-15-13-23-58(65)70/h5-41H,1-4H3. The lowest BCUT2D eigenvalue weighted by Crippen LogP contribution is -2.32. The number of fused-ring (bicyclic) bond motifs is 16. The number of aromatic nitrogens is 3. The largest absolute Gasteiger partial charge is 0.457 e. The molecule has 0 saturated carbocycles. The fourth-order valence-electron chi connectivity index (χ4n) is 13.2. The number of para-hydroxylation sites is 2. The van der Waals surface area contributed by atoms with Crippen molar-refractivity contribution in [2.45, 2.75) is 38.5 Å². The molecule has 0 atom stereocenters. The highest BCUT2D eigenvalue weighted by atomic mass is 16.5. The third kappa shape index (κ3) is 6.03. The van der Waals surface area contributed by atoms with Crippen molar-refractivity contribution in [3.05, 3.63) is 269 Å². The molecule has 12 aromatic rings. The molecule has 15 rings (SSSR count). The second-order valence-electron chi connectivity index (χ2n) is 21.0. The molecule has 0 radical (unpaired) electrons. The van der Waals surface area contributed by atoms with E-state index < -0.39 is 5.41 Å². The van der Waals surface area contributed by atoms with Crippen LogP contribution in [0.4, 0.5) is 0 Å². The molecular weight excluding hydrogens is 899 g/mol. The summed E-state index contributed by atoms with van der Waals surface area (Å²) in [5, 5.41) is 2.47. The molecule has 0 fully saturated rings. The molecule has 0 saturated heterocycles. The molecule has 1 spiro atoms. The third-order valence-corrected chi connectivity index (χ3v) is 16.4. The summed E-state index contributed by atoms with van der Waals surface area (Å²) >= 11 is 0. The first-order valence-corrected chi connectivity index (χ1v) is 25.7. The van der Waals surface area contributed by atoms with Crippen LogP contribution in [0.2, 0.25) is 0 Å². The van der Waals surface area contributed by atoms with Crippen molar-refractivity contribution in [3.8, 4) is 84.5 Å². The van der Waals surface area contributed by atoms with Crippen LogP contribution >= 0.6 is 0 Å². The summed E-state index contributed by atoms with van der Waals surface area (Å²) in [6, 6.07) is 82.0. The van der Waals surface area contributed by atoms with E-state index in [2.05, 4.69) is 257 Å². The van der Waals surface area contributed by atoms with Crippen LogP contribution in [-0.2, 0) is 10.8 Å². The number of benzene rings is 10. The van der Waals surface area contributed by atoms with Crippen LogP contribution in [0.15, 0.2) is 224 Å². The Morgan fingerprint density at radius 1 is 0.392 bits per heavy atom. The average molecular weight is 948 g/mol. The average Bonchev–Trinajstić information content (AvgIpc) is 4.16. The molecule has 2 aromatic heterocycles. The molecule has 0 amide bonds. The van der Waals surface area contributed by atoms with Crippen LogP contribution < -0.4 is 4.74 Å². The number of rotatable bonds is 5. The topological polar surface area (TPSA) is 39.9 Å². The summed E-state index contributed by atoms with van der Waals surface area (Å²) in [6.07, 6.45) is 0. The molecular formula is C70H49N3O. The first-order valence-electron chi connectivity index (χ1n) is 25.7. The Morgan fingerprint density at radius 2 is 0.919 bits per heavy atom. The molecule has 0 unspecified atom stereocenters. The summed E-state index contributed by atoms with van der Waals surface area (Å²) < 4.78 is 9.11. The first kappa shape index (κ1) is 42.6. The quantitative estimate of drug-likeness (QED) is 0.173. The molecule has 74 heavy (non-hydrogen) atoms. The predicted molar refractivity (Wildman–Crippen MR) is 303 cm³/mol. The molecule has 4 nitrogen and oxygen atoms in total. The predicted octanol–water partition coefficient (Wildman–Crippen LogP) is 17.6. The van der Waals surface area contributed by atoms with E-state index in [1.807, 2.05) is 0 Å². The molecule has 2 aliphatic carbocycles. The minimum Gasteiger partial charge on any atom is -0.457 e. The Hall–Kier alpha value is -9.12.